The highest BCUT2D eigenvalue weighted by Crippen LogP contribution is 2.25. The molecule has 0 unspecified atom stereocenters. The van der Waals surface area contributed by atoms with Crippen LogP contribution in [-0.4, -0.2) is 28.6 Å². The Kier molecular flexibility index (Phi) is 8.56. The Balaban J connectivity index is 1.12. The zero-order valence-corrected chi connectivity index (χ0v) is 22.2. The van der Waals surface area contributed by atoms with Crippen LogP contribution in [0.2, 0.25) is 5.02 Å². The van der Waals surface area contributed by atoms with Crippen LogP contribution in [0.25, 0.3) is 21.8 Å². The van der Waals surface area contributed by atoms with Gasteiger partial charge in [0.25, 0.3) is 5.91 Å². The SMILES string of the molecule is O=C(NCCCCCc1nc2ccccc2n1CCCOc1cccc2ccccc12)c1cccc(Cl)c1. The lowest BCUT2D eigenvalue weighted by Crippen LogP contribution is -2.24. The summed E-state index contributed by atoms with van der Waals surface area (Å²) in [4.78, 5) is 17.2. The highest BCUT2D eigenvalue weighted by molar-refractivity contribution is 6.30. The van der Waals surface area contributed by atoms with Gasteiger partial charge in [-0.2, -0.15) is 0 Å². The van der Waals surface area contributed by atoms with Gasteiger partial charge >= 0.3 is 0 Å². The first kappa shape index (κ1) is 25.8. The molecular weight excluding hydrogens is 494 g/mol. The number of unbranched alkanes of at least 4 members (excludes halogenated alkanes) is 2. The Morgan fingerprint density at radius 1 is 0.868 bits per heavy atom. The number of nitrogens with one attached hydrogen (secondary N) is 1. The van der Waals surface area contributed by atoms with Crippen molar-refractivity contribution in [3.05, 3.63) is 107 Å². The van der Waals surface area contributed by atoms with E-state index in [1.54, 1.807) is 24.3 Å². The lowest BCUT2D eigenvalue weighted by atomic mass is 10.1. The van der Waals surface area contributed by atoms with Crippen LogP contribution in [0.15, 0.2) is 91.0 Å². The predicted molar refractivity (Wildman–Crippen MR) is 155 cm³/mol. The summed E-state index contributed by atoms with van der Waals surface area (Å²) in [5.74, 6) is 1.96. The third-order valence-corrected chi connectivity index (χ3v) is 6.95. The Bertz CT molecular complexity index is 1520. The Morgan fingerprint density at radius 3 is 2.61 bits per heavy atom. The zero-order valence-electron chi connectivity index (χ0n) is 21.4. The number of ether oxygens (including phenoxy) is 1. The van der Waals surface area contributed by atoms with E-state index in [-0.39, 0.29) is 5.91 Å². The van der Waals surface area contributed by atoms with Gasteiger partial charge in [0, 0.05) is 35.5 Å². The summed E-state index contributed by atoms with van der Waals surface area (Å²) in [6, 6.07) is 29.9. The molecule has 0 aliphatic rings. The minimum absolute atomic E-state index is 0.0833. The van der Waals surface area contributed by atoms with Gasteiger partial charge in [-0.05, 0) is 61.0 Å². The molecule has 1 N–H and O–H groups in total. The van der Waals surface area contributed by atoms with Crippen molar-refractivity contribution in [2.45, 2.75) is 38.6 Å². The van der Waals surface area contributed by atoms with Gasteiger partial charge in [-0.25, -0.2) is 4.98 Å². The number of aromatic nitrogens is 2. The lowest BCUT2D eigenvalue weighted by Gasteiger charge is -2.12. The fourth-order valence-corrected chi connectivity index (χ4v) is 5.00. The van der Waals surface area contributed by atoms with E-state index in [9.17, 15) is 4.79 Å². The van der Waals surface area contributed by atoms with Gasteiger partial charge < -0.3 is 14.6 Å². The van der Waals surface area contributed by atoms with Crippen LogP contribution < -0.4 is 10.1 Å². The first-order chi connectivity index (χ1) is 18.7. The molecule has 6 heteroatoms. The number of amides is 1. The third kappa shape index (κ3) is 6.35. The summed E-state index contributed by atoms with van der Waals surface area (Å²) >= 11 is 5.99. The maximum atomic E-state index is 12.3. The Hall–Kier alpha value is -3.83. The quantitative estimate of drug-likeness (QED) is 0.172. The second-order valence-corrected chi connectivity index (χ2v) is 9.86. The van der Waals surface area contributed by atoms with E-state index >= 15 is 0 Å². The zero-order chi connectivity index (χ0) is 26.2. The molecule has 1 aromatic heterocycles. The number of para-hydroxylation sites is 2. The summed E-state index contributed by atoms with van der Waals surface area (Å²) in [6.45, 7) is 2.15. The van der Waals surface area contributed by atoms with Crippen molar-refractivity contribution in [3.63, 3.8) is 0 Å². The van der Waals surface area contributed by atoms with Crippen LogP contribution in [0.4, 0.5) is 0 Å². The van der Waals surface area contributed by atoms with E-state index in [2.05, 4.69) is 52.3 Å². The number of benzene rings is 4. The highest BCUT2D eigenvalue weighted by atomic mass is 35.5. The second kappa shape index (κ2) is 12.6. The monoisotopic (exact) mass is 525 g/mol. The molecule has 0 radical (unpaired) electrons. The fraction of sp³-hybridized carbons (Fsp3) is 0.250. The highest BCUT2D eigenvalue weighted by Gasteiger charge is 2.11. The molecule has 194 valence electrons. The van der Waals surface area contributed by atoms with Gasteiger partial charge in [0.1, 0.15) is 11.6 Å². The molecule has 0 atom stereocenters. The molecule has 0 saturated carbocycles. The lowest BCUT2D eigenvalue weighted by molar-refractivity contribution is 0.0953. The number of halogens is 1. The maximum Gasteiger partial charge on any atom is 0.251 e. The first-order valence-electron chi connectivity index (χ1n) is 13.3. The number of hydrogen-bond acceptors (Lipinski definition) is 3. The smallest absolute Gasteiger partial charge is 0.251 e. The fourth-order valence-electron chi connectivity index (χ4n) is 4.81. The third-order valence-electron chi connectivity index (χ3n) is 6.72. The molecule has 5 rings (SSSR count). The Morgan fingerprint density at radius 2 is 1.68 bits per heavy atom. The van der Waals surface area contributed by atoms with E-state index in [0.717, 1.165) is 61.1 Å². The van der Waals surface area contributed by atoms with Crippen LogP contribution in [-0.2, 0) is 13.0 Å². The van der Waals surface area contributed by atoms with Crippen molar-refractivity contribution in [3.8, 4) is 5.75 Å². The average Bonchev–Trinajstić information content (AvgIpc) is 3.30. The van der Waals surface area contributed by atoms with E-state index in [4.69, 9.17) is 21.3 Å². The van der Waals surface area contributed by atoms with Crippen molar-refractivity contribution in [1.29, 1.82) is 0 Å². The molecule has 0 aliphatic carbocycles. The summed E-state index contributed by atoms with van der Waals surface area (Å²) in [7, 11) is 0. The first-order valence-corrected chi connectivity index (χ1v) is 13.7. The summed E-state index contributed by atoms with van der Waals surface area (Å²) in [5, 5.41) is 5.89. The largest absolute Gasteiger partial charge is 0.493 e. The van der Waals surface area contributed by atoms with Crippen LogP contribution in [0.5, 0.6) is 5.75 Å². The van der Waals surface area contributed by atoms with Crippen molar-refractivity contribution >= 4 is 39.3 Å². The molecule has 0 aliphatic heterocycles. The van der Waals surface area contributed by atoms with Crippen LogP contribution >= 0.6 is 11.6 Å². The van der Waals surface area contributed by atoms with Crippen molar-refractivity contribution in [2.75, 3.05) is 13.2 Å². The van der Waals surface area contributed by atoms with Gasteiger partial charge in [0.2, 0.25) is 0 Å². The number of fused-ring (bicyclic) bond motifs is 2. The van der Waals surface area contributed by atoms with E-state index in [1.807, 2.05) is 24.3 Å². The standard InChI is InChI=1S/C32H32ClN3O2/c33-26-14-8-13-25(23-26)32(37)34-20-7-1-2-19-31-35-28-16-5-6-17-29(28)36(31)21-10-22-38-30-18-9-12-24-11-3-4-15-27(24)30/h3-6,8-9,11-18,23H,1-2,7,10,19-22H2,(H,34,37). The molecule has 1 amide bonds. The minimum atomic E-state index is -0.0833. The number of nitrogens with zero attached hydrogens (tertiary/aromatic N) is 2. The van der Waals surface area contributed by atoms with E-state index < -0.39 is 0 Å². The van der Waals surface area contributed by atoms with Crippen molar-refractivity contribution < 1.29 is 9.53 Å². The van der Waals surface area contributed by atoms with Gasteiger partial charge in [0.15, 0.2) is 0 Å². The molecule has 0 bridgehead atoms. The Labute approximate surface area is 228 Å². The molecule has 4 aromatic carbocycles. The minimum Gasteiger partial charge on any atom is -0.493 e. The van der Waals surface area contributed by atoms with Crippen LogP contribution in [0.1, 0.15) is 41.9 Å². The van der Waals surface area contributed by atoms with Crippen LogP contribution in [0.3, 0.4) is 0 Å². The van der Waals surface area contributed by atoms with E-state index in [1.165, 1.54) is 10.9 Å². The van der Waals surface area contributed by atoms with Crippen molar-refractivity contribution in [2.24, 2.45) is 0 Å². The summed E-state index contributed by atoms with van der Waals surface area (Å²) in [6.07, 6.45) is 4.75. The molecule has 5 aromatic rings. The molecule has 0 saturated heterocycles. The number of rotatable bonds is 12. The van der Waals surface area contributed by atoms with E-state index in [0.29, 0.717) is 23.7 Å². The molecule has 1 heterocycles. The number of carbonyl (C=O) groups excluding carboxylic acids is 1. The van der Waals surface area contributed by atoms with Crippen LogP contribution in [0, 0.1) is 0 Å². The molecule has 0 spiro atoms. The summed E-state index contributed by atoms with van der Waals surface area (Å²) in [5.41, 5.74) is 2.79. The molecule has 5 nitrogen and oxygen atoms in total. The number of hydrogen-bond donors (Lipinski definition) is 1. The van der Waals surface area contributed by atoms with Gasteiger partial charge in [-0.1, -0.05) is 72.6 Å². The average molecular weight is 526 g/mol. The number of aryl methyl sites for hydroxylation is 2. The maximum absolute atomic E-state index is 12.3. The topological polar surface area (TPSA) is 56.2 Å². The molecule has 38 heavy (non-hydrogen) atoms. The normalized spacial score (nSPS) is 11.2. The number of imidazole rings is 1. The number of carbonyl (C=O) groups is 1. The second-order valence-electron chi connectivity index (χ2n) is 9.42. The molecular formula is C32H32ClN3O2. The van der Waals surface area contributed by atoms with Crippen molar-refractivity contribution in [1.82, 2.24) is 14.9 Å². The van der Waals surface area contributed by atoms with Gasteiger partial charge in [-0.3, -0.25) is 4.79 Å². The summed E-state index contributed by atoms with van der Waals surface area (Å²) < 4.78 is 8.51. The predicted octanol–water partition coefficient (Wildman–Crippen LogP) is 7.45. The van der Waals surface area contributed by atoms with Gasteiger partial charge in [-0.15, -0.1) is 0 Å². The van der Waals surface area contributed by atoms with Gasteiger partial charge in [0.05, 0.1) is 17.6 Å². The molecule has 0 fully saturated rings.